The average Bonchev–Trinajstić information content (AvgIpc) is 2.69. The predicted molar refractivity (Wildman–Crippen MR) is 106 cm³/mol. The number of urea groups is 1. The van der Waals surface area contributed by atoms with Gasteiger partial charge in [-0.1, -0.05) is 36.2 Å². The molecule has 1 atom stereocenters. The summed E-state index contributed by atoms with van der Waals surface area (Å²) >= 11 is 0. The second kappa shape index (κ2) is 9.22. The Hall–Kier alpha value is -2.08. The van der Waals surface area contributed by atoms with Gasteiger partial charge in [0.1, 0.15) is 6.54 Å². The van der Waals surface area contributed by atoms with Crippen LogP contribution in [0.5, 0.6) is 0 Å². The fourth-order valence-corrected chi connectivity index (χ4v) is 3.80. The van der Waals surface area contributed by atoms with Gasteiger partial charge in [0.15, 0.2) is 0 Å². The van der Waals surface area contributed by atoms with E-state index in [2.05, 4.69) is 48.3 Å². The standard InChI is InChI=1S/C21H32N4O2/c1-17-6-8-19(9-7-17)15-24-12-13-25(16-20(24)26)21(27)22-14-18(2)23-10-4-3-5-11-23/h6-9,18H,3-5,10-16H2,1-2H3,(H,22,27). The van der Waals surface area contributed by atoms with Crippen molar-refractivity contribution in [3.8, 4) is 0 Å². The molecule has 0 saturated carbocycles. The molecular formula is C21H32N4O2. The van der Waals surface area contributed by atoms with Crippen LogP contribution in [0.15, 0.2) is 24.3 Å². The van der Waals surface area contributed by atoms with Crippen molar-refractivity contribution in [3.63, 3.8) is 0 Å². The maximum Gasteiger partial charge on any atom is 0.317 e. The van der Waals surface area contributed by atoms with E-state index in [1.807, 2.05) is 4.90 Å². The van der Waals surface area contributed by atoms with Gasteiger partial charge in [0.05, 0.1) is 0 Å². The minimum Gasteiger partial charge on any atom is -0.336 e. The van der Waals surface area contributed by atoms with Crippen molar-refractivity contribution in [2.45, 2.75) is 45.7 Å². The minimum atomic E-state index is -0.123. The molecule has 2 saturated heterocycles. The number of hydrogen-bond donors (Lipinski definition) is 1. The van der Waals surface area contributed by atoms with Crippen molar-refractivity contribution >= 4 is 11.9 Å². The summed E-state index contributed by atoms with van der Waals surface area (Å²) in [6, 6.07) is 8.46. The molecule has 1 aromatic carbocycles. The maximum absolute atomic E-state index is 12.5. The van der Waals surface area contributed by atoms with Gasteiger partial charge >= 0.3 is 6.03 Å². The highest BCUT2D eigenvalue weighted by atomic mass is 16.2. The predicted octanol–water partition coefficient (Wildman–Crippen LogP) is 2.22. The third-order valence-corrected chi connectivity index (χ3v) is 5.66. The number of piperidine rings is 1. The van der Waals surface area contributed by atoms with E-state index in [4.69, 9.17) is 0 Å². The van der Waals surface area contributed by atoms with E-state index in [0.717, 1.165) is 18.7 Å². The number of likely N-dealkylation sites (tertiary alicyclic amines) is 1. The van der Waals surface area contributed by atoms with E-state index in [9.17, 15) is 9.59 Å². The molecule has 2 aliphatic heterocycles. The maximum atomic E-state index is 12.5. The SMILES string of the molecule is Cc1ccc(CN2CCN(C(=O)NCC(C)N3CCCCC3)CC2=O)cc1. The summed E-state index contributed by atoms with van der Waals surface area (Å²) in [6.45, 7) is 9.03. The summed E-state index contributed by atoms with van der Waals surface area (Å²) in [5.74, 6) is 0.0149. The van der Waals surface area contributed by atoms with E-state index in [0.29, 0.717) is 32.2 Å². The monoisotopic (exact) mass is 372 g/mol. The Bertz CT molecular complexity index is 640. The van der Waals surface area contributed by atoms with Gasteiger partial charge in [0.25, 0.3) is 0 Å². The van der Waals surface area contributed by atoms with Gasteiger partial charge in [-0.3, -0.25) is 9.69 Å². The first-order chi connectivity index (χ1) is 13.0. The van der Waals surface area contributed by atoms with Crippen molar-refractivity contribution in [2.75, 3.05) is 39.3 Å². The summed E-state index contributed by atoms with van der Waals surface area (Å²) in [5, 5.41) is 3.02. The van der Waals surface area contributed by atoms with Crippen LogP contribution in [0.25, 0.3) is 0 Å². The van der Waals surface area contributed by atoms with Gasteiger partial charge in [-0.25, -0.2) is 4.79 Å². The largest absolute Gasteiger partial charge is 0.336 e. The van der Waals surface area contributed by atoms with Crippen molar-refractivity contribution in [1.29, 1.82) is 0 Å². The zero-order valence-electron chi connectivity index (χ0n) is 16.6. The molecule has 1 unspecified atom stereocenters. The molecule has 0 aromatic heterocycles. The number of hydrogen-bond acceptors (Lipinski definition) is 3. The van der Waals surface area contributed by atoms with Gasteiger partial charge < -0.3 is 15.1 Å². The molecule has 1 N–H and O–H groups in total. The molecule has 148 valence electrons. The number of carbonyl (C=O) groups excluding carboxylic acids is 2. The summed E-state index contributed by atoms with van der Waals surface area (Å²) in [6.07, 6.45) is 3.80. The van der Waals surface area contributed by atoms with Crippen molar-refractivity contribution in [2.24, 2.45) is 0 Å². The van der Waals surface area contributed by atoms with Crippen LogP contribution in [-0.4, -0.2) is 71.9 Å². The lowest BCUT2D eigenvalue weighted by molar-refractivity contribution is -0.135. The summed E-state index contributed by atoms with van der Waals surface area (Å²) in [5.41, 5.74) is 2.34. The van der Waals surface area contributed by atoms with Gasteiger partial charge in [-0.05, 0) is 45.3 Å². The van der Waals surface area contributed by atoms with Crippen LogP contribution in [0.2, 0.25) is 0 Å². The first-order valence-corrected chi connectivity index (χ1v) is 10.1. The number of rotatable bonds is 5. The smallest absolute Gasteiger partial charge is 0.317 e. The number of amides is 3. The average molecular weight is 373 g/mol. The number of nitrogens with one attached hydrogen (secondary N) is 1. The first kappa shape index (κ1) is 19.7. The van der Waals surface area contributed by atoms with E-state index in [1.165, 1.54) is 24.8 Å². The summed E-state index contributed by atoms with van der Waals surface area (Å²) < 4.78 is 0. The van der Waals surface area contributed by atoms with Crippen LogP contribution < -0.4 is 5.32 Å². The number of benzene rings is 1. The van der Waals surface area contributed by atoms with Crippen LogP contribution in [-0.2, 0) is 11.3 Å². The topological polar surface area (TPSA) is 55.9 Å². The lowest BCUT2D eigenvalue weighted by atomic mass is 10.1. The first-order valence-electron chi connectivity index (χ1n) is 10.1. The highest BCUT2D eigenvalue weighted by Crippen LogP contribution is 2.13. The molecule has 6 nitrogen and oxygen atoms in total. The van der Waals surface area contributed by atoms with Gasteiger partial charge in [0, 0.05) is 32.2 Å². The summed E-state index contributed by atoms with van der Waals surface area (Å²) in [4.78, 5) is 30.8. The molecule has 2 aliphatic rings. The van der Waals surface area contributed by atoms with Crippen LogP contribution in [0, 0.1) is 6.92 Å². The van der Waals surface area contributed by atoms with E-state index >= 15 is 0 Å². The number of aryl methyl sites for hydroxylation is 1. The summed E-state index contributed by atoms with van der Waals surface area (Å²) in [7, 11) is 0. The van der Waals surface area contributed by atoms with Crippen LogP contribution in [0.4, 0.5) is 4.79 Å². The van der Waals surface area contributed by atoms with Crippen molar-refractivity contribution in [1.82, 2.24) is 20.0 Å². The van der Waals surface area contributed by atoms with Crippen molar-refractivity contribution in [3.05, 3.63) is 35.4 Å². The van der Waals surface area contributed by atoms with Crippen LogP contribution in [0.3, 0.4) is 0 Å². The fourth-order valence-electron chi connectivity index (χ4n) is 3.80. The van der Waals surface area contributed by atoms with Gasteiger partial charge in [-0.15, -0.1) is 0 Å². The second-order valence-electron chi connectivity index (χ2n) is 7.85. The van der Waals surface area contributed by atoms with E-state index in [1.54, 1.807) is 4.90 Å². The molecule has 1 aromatic rings. The molecule has 0 bridgehead atoms. The molecule has 0 radical (unpaired) electrons. The Labute approximate surface area is 162 Å². The normalized spacial score (nSPS) is 19.9. The van der Waals surface area contributed by atoms with Crippen LogP contribution >= 0.6 is 0 Å². The number of carbonyl (C=O) groups is 2. The molecule has 3 rings (SSSR count). The van der Waals surface area contributed by atoms with E-state index in [-0.39, 0.29) is 18.5 Å². The Morgan fingerprint density at radius 3 is 2.44 bits per heavy atom. The molecule has 6 heteroatoms. The molecule has 2 fully saturated rings. The van der Waals surface area contributed by atoms with Gasteiger partial charge in [-0.2, -0.15) is 0 Å². The lowest BCUT2D eigenvalue weighted by Gasteiger charge is -2.36. The van der Waals surface area contributed by atoms with Crippen LogP contribution in [0.1, 0.15) is 37.3 Å². The zero-order chi connectivity index (χ0) is 19.2. The minimum absolute atomic E-state index is 0.0149. The second-order valence-corrected chi connectivity index (χ2v) is 7.85. The Morgan fingerprint density at radius 2 is 1.78 bits per heavy atom. The van der Waals surface area contributed by atoms with Crippen molar-refractivity contribution < 1.29 is 9.59 Å². The Balaban J connectivity index is 1.43. The third-order valence-electron chi connectivity index (χ3n) is 5.66. The quantitative estimate of drug-likeness (QED) is 0.862. The highest BCUT2D eigenvalue weighted by molar-refractivity contribution is 5.85. The molecule has 3 amide bonds. The van der Waals surface area contributed by atoms with E-state index < -0.39 is 0 Å². The molecule has 2 heterocycles. The highest BCUT2D eigenvalue weighted by Gasteiger charge is 2.27. The van der Waals surface area contributed by atoms with Gasteiger partial charge in [0.2, 0.25) is 5.91 Å². The molecule has 0 spiro atoms. The molecular weight excluding hydrogens is 340 g/mol. The molecule has 27 heavy (non-hydrogen) atoms. The lowest BCUT2D eigenvalue weighted by Crippen LogP contribution is -2.55. The fraction of sp³-hybridized carbons (Fsp3) is 0.619. The Morgan fingerprint density at radius 1 is 1.07 bits per heavy atom. The number of nitrogens with zero attached hydrogens (tertiary/aromatic N) is 3. The number of piperazine rings is 1. The molecule has 0 aliphatic carbocycles. The zero-order valence-corrected chi connectivity index (χ0v) is 16.6. The Kier molecular flexibility index (Phi) is 6.72. The third kappa shape index (κ3) is 5.45.